The van der Waals surface area contributed by atoms with Crippen LogP contribution in [0.2, 0.25) is 0 Å². The molecule has 1 saturated heterocycles. The van der Waals surface area contributed by atoms with Crippen molar-refractivity contribution in [3.8, 4) is 11.5 Å². The summed E-state index contributed by atoms with van der Waals surface area (Å²) in [5.41, 5.74) is 2.04. The van der Waals surface area contributed by atoms with E-state index in [1.165, 1.54) is 0 Å². The highest BCUT2D eigenvalue weighted by molar-refractivity contribution is 6.07. The van der Waals surface area contributed by atoms with E-state index in [1.54, 1.807) is 57.3 Å². The zero-order valence-electron chi connectivity index (χ0n) is 27.0. The lowest BCUT2D eigenvalue weighted by Crippen LogP contribution is -2.56. The Balaban J connectivity index is 1.33. The first kappa shape index (κ1) is 32.2. The lowest BCUT2D eigenvalue weighted by atomic mass is 9.73. The summed E-state index contributed by atoms with van der Waals surface area (Å²) in [6.45, 7) is 6.26. The van der Waals surface area contributed by atoms with Crippen molar-refractivity contribution in [2.24, 2.45) is 16.9 Å². The topological polar surface area (TPSA) is 123 Å². The number of aromatic nitrogens is 1. The fourth-order valence-corrected chi connectivity index (χ4v) is 6.65. The molecule has 2 aromatic rings. The Morgan fingerprint density at radius 2 is 1.62 bits per heavy atom. The number of carbonyl (C=O) groups is 3. The fourth-order valence-electron chi connectivity index (χ4n) is 6.65. The van der Waals surface area contributed by atoms with E-state index in [4.69, 9.17) is 19.3 Å². The molecule has 3 heterocycles. The predicted molar refractivity (Wildman–Crippen MR) is 169 cm³/mol. The van der Waals surface area contributed by atoms with Gasteiger partial charge in [0.15, 0.2) is 11.5 Å². The first-order valence-electron chi connectivity index (χ1n) is 15.9. The highest BCUT2D eigenvalue weighted by atomic mass is 16.6. The van der Waals surface area contributed by atoms with Crippen LogP contribution in [0, 0.1) is 11.8 Å². The van der Waals surface area contributed by atoms with Crippen LogP contribution in [0.5, 0.6) is 11.5 Å². The second kappa shape index (κ2) is 13.9. The van der Waals surface area contributed by atoms with Gasteiger partial charge in [-0.3, -0.25) is 14.6 Å². The predicted octanol–water partition coefficient (Wildman–Crippen LogP) is 4.58. The lowest BCUT2D eigenvalue weighted by Gasteiger charge is -2.43. The molecule has 0 spiro atoms. The van der Waals surface area contributed by atoms with Crippen molar-refractivity contribution in [2.75, 3.05) is 27.3 Å². The van der Waals surface area contributed by atoms with E-state index in [9.17, 15) is 14.4 Å². The molecule has 3 atom stereocenters. The van der Waals surface area contributed by atoms with Gasteiger partial charge in [-0.05, 0) is 82.3 Å². The fraction of sp³-hybridized carbons (Fsp3) is 0.559. The quantitative estimate of drug-likeness (QED) is 0.459. The number of amides is 3. The molecule has 11 heteroatoms. The first-order valence-corrected chi connectivity index (χ1v) is 15.9. The van der Waals surface area contributed by atoms with Crippen LogP contribution in [0.3, 0.4) is 0 Å². The van der Waals surface area contributed by atoms with Crippen LogP contribution >= 0.6 is 0 Å². The number of benzene rings is 1. The van der Waals surface area contributed by atoms with E-state index in [2.05, 4.69) is 10.3 Å². The highest BCUT2D eigenvalue weighted by Crippen LogP contribution is 2.40. The van der Waals surface area contributed by atoms with Crippen molar-refractivity contribution in [3.63, 3.8) is 0 Å². The summed E-state index contributed by atoms with van der Waals surface area (Å²) in [5, 5.41) is 9.52. The third kappa shape index (κ3) is 7.57. The van der Waals surface area contributed by atoms with Gasteiger partial charge in [0.2, 0.25) is 11.8 Å². The lowest BCUT2D eigenvalue weighted by molar-refractivity contribution is -0.143. The molecule has 1 N–H and O–H groups in total. The molecule has 0 radical (unpaired) electrons. The van der Waals surface area contributed by atoms with Gasteiger partial charge < -0.3 is 24.4 Å². The number of likely N-dealkylation sites (tertiary alicyclic amines) is 1. The summed E-state index contributed by atoms with van der Waals surface area (Å²) in [6.07, 6.45) is 8.05. The van der Waals surface area contributed by atoms with Gasteiger partial charge in [-0.1, -0.05) is 12.8 Å². The number of nitrogens with zero attached hydrogens (tertiary/aromatic N) is 4. The van der Waals surface area contributed by atoms with Gasteiger partial charge in [0.1, 0.15) is 11.6 Å². The van der Waals surface area contributed by atoms with Gasteiger partial charge in [0.05, 0.1) is 26.0 Å². The van der Waals surface area contributed by atoms with Crippen molar-refractivity contribution in [1.82, 2.24) is 20.2 Å². The first-order chi connectivity index (χ1) is 21.6. The van der Waals surface area contributed by atoms with Crippen LogP contribution in [0.4, 0.5) is 4.79 Å². The number of hydrogen-bond donors (Lipinski definition) is 1. The number of pyridine rings is 1. The van der Waals surface area contributed by atoms with E-state index in [-0.39, 0.29) is 29.7 Å². The normalized spacial score (nSPS) is 21.4. The number of nitrogens with one attached hydrogen (secondary N) is 1. The Labute approximate surface area is 265 Å². The van der Waals surface area contributed by atoms with E-state index in [1.807, 2.05) is 30.3 Å². The van der Waals surface area contributed by atoms with E-state index in [0.717, 1.165) is 42.5 Å². The number of hydrazone groups is 1. The summed E-state index contributed by atoms with van der Waals surface area (Å²) in [7, 11) is 3.22. The molecule has 0 bridgehead atoms. The van der Waals surface area contributed by atoms with Crippen LogP contribution in [0.25, 0.3) is 0 Å². The molecular weight excluding hydrogens is 574 g/mol. The summed E-state index contributed by atoms with van der Waals surface area (Å²) >= 11 is 0. The number of hydrogen-bond acceptors (Lipinski definition) is 8. The van der Waals surface area contributed by atoms with E-state index < -0.39 is 17.7 Å². The summed E-state index contributed by atoms with van der Waals surface area (Å²) in [5.74, 6) is 1.13. The van der Waals surface area contributed by atoms with Crippen LogP contribution in [0.1, 0.15) is 70.4 Å². The molecule has 1 aromatic carbocycles. The molecule has 0 unspecified atom stereocenters. The number of ether oxygens (including phenoxy) is 3. The molecule has 3 aliphatic rings. The maximum absolute atomic E-state index is 13.8. The van der Waals surface area contributed by atoms with Gasteiger partial charge in [-0.25, -0.2) is 9.80 Å². The third-order valence-corrected chi connectivity index (χ3v) is 8.86. The maximum atomic E-state index is 13.8. The Hall–Kier alpha value is -4.15. The average Bonchev–Trinajstić information content (AvgIpc) is 3.04. The average molecular weight is 620 g/mol. The second-order valence-corrected chi connectivity index (χ2v) is 13.1. The highest BCUT2D eigenvalue weighted by Gasteiger charge is 2.44. The summed E-state index contributed by atoms with van der Waals surface area (Å²) in [4.78, 5) is 46.2. The van der Waals surface area contributed by atoms with Crippen molar-refractivity contribution in [2.45, 2.75) is 83.4 Å². The molecule has 1 aliphatic carbocycles. The van der Waals surface area contributed by atoms with Gasteiger partial charge >= 0.3 is 6.09 Å². The third-order valence-electron chi connectivity index (χ3n) is 8.86. The molecule has 1 aromatic heterocycles. The van der Waals surface area contributed by atoms with Gasteiger partial charge in [0.25, 0.3) is 0 Å². The number of rotatable bonds is 8. The molecular formula is C34H45N5O6. The van der Waals surface area contributed by atoms with E-state index >= 15 is 0 Å². The van der Waals surface area contributed by atoms with Crippen molar-refractivity contribution in [3.05, 3.63) is 53.9 Å². The minimum atomic E-state index is -0.798. The second-order valence-electron chi connectivity index (χ2n) is 13.1. The maximum Gasteiger partial charge on any atom is 0.408 e. The van der Waals surface area contributed by atoms with Crippen molar-refractivity contribution in [1.29, 1.82) is 0 Å². The molecule has 2 fully saturated rings. The number of carbonyl (C=O) groups excluding carboxylic acids is 3. The SMILES string of the molecule is COc1ccc(C2=NN(C3CCN(C(=O)[C@@H](Cc4ccncc4)NC(=O)OC(C)(C)C)CC3)C(=O)[C@@H]3CCCC[C@H]23)cc1OC. The number of alkyl carbamates (subject to hydrolysis) is 1. The van der Waals surface area contributed by atoms with Crippen LogP contribution in [0.15, 0.2) is 47.8 Å². The molecule has 2 aliphatic heterocycles. The largest absolute Gasteiger partial charge is 0.493 e. The smallest absolute Gasteiger partial charge is 0.408 e. The van der Waals surface area contributed by atoms with Gasteiger partial charge in [-0.15, -0.1) is 0 Å². The zero-order valence-corrected chi connectivity index (χ0v) is 27.0. The summed E-state index contributed by atoms with van der Waals surface area (Å²) < 4.78 is 16.5. The summed E-state index contributed by atoms with van der Waals surface area (Å²) in [6, 6.07) is 8.55. The Kier molecular flexibility index (Phi) is 9.94. The Morgan fingerprint density at radius 3 is 2.27 bits per heavy atom. The standard InChI is InChI=1S/C34H45N5O6/c1-34(2,3)45-33(42)36-27(20-22-12-16-35-17-13-22)32(41)38-18-14-24(15-19-38)39-31(40)26-9-7-6-8-25(26)30(37-39)23-10-11-28(43-4)29(21-23)44-5/h10-13,16-17,21,24-27H,6-9,14-15,18-20H2,1-5H3,(H,36,42)/t25-,26+,27+/m0/s1. The van der Waals surface area contributed by atoms with Crippen molar-refractivity contribution < 1.29 is 28.6 Å². The number of fused-ring (bicyclic) bond motifs is 1. The molecule has 242 valence electrons. The van der Waals surface area contributed by atoms with E-state index in [0.29, 0.717) is 43.9 Å². The number of piperidine rings is 1. The molecule has 1 saturated carbocycles. The minimum absolute atomic E-state index is 0.0649. The molecule has 45 heavy (non-hydrogen) atoms. The zero-order chi connectivity index (χ0) is 32.1. The monoisotopic (exact) mass is 619 g/mol. The molecule has 5 rings (SSSR count). The Bertz CT molecular complexity index is 1400. The van der Waals surface area contributed by atoms with Crippen molar-refractivity contribution >= 4 is 23.6 Å². The Morgan fingerprint density at radius 1 is 0.956 bits per heavy atom. The van der Waals surface area contributed by atoms with Gasteiger partial charge in [-0.2, -0.15) is 5.10 Å². The number of methoxy groups -OCH3 is 2. The van der Waals surface area contributed by atoms with Crippen LogP contribution < -0.4 is 14.8 Å². The molecule has 11 nitrogen and oxygen atoms in total. The van der Waals surface area contributed by atoms with Crippen LogP contribution in [-0.4, -0.2) is 83.5 Å². The van der Waals surface area contributed by atoms with Gasteiger partial charge in [0, 0.05) is 49.3 Å². The molecule has 3 amide bonds. The minimum Gasteiger partial charge on any atom is -0.493 e. The van der Waals surface area contributed by atoms with Crippen LogP contribution in [-0.2, 0) is 20.7 Å².